The molecular formula is C29H30F3N5O5S. The van der Waals surface area contributed by atoms with Crippen LogP contribution < -0.4 is 0 Å². The number of halogens is 3. The van der Waals surface area contributed by atoms with Crippen LogP contribution >= 0.6 is 0 Å². The molecule has 4 rings (SSSR count). The number of hydrogen-bond donors (Lipinski definition) is 0. The second kappa shape index (κ2) is 11.9. The molecule has 1 aromatic carbocycles. The van der Waals surface area contributed by atoms with Crippen LogP contribution in [0.4, 0.5) is 22.8 Å². The van der Waals surface area contributed by atoms with Crippen LogP contribution in [0.2, 0.25) is 0 Å². The fraction of sp³-hybridized carbons (Fsp3) is 0.448. The molecule has 2 heterocycles. The number of sulfone groups is 1. The maximum atomic E-state index is 14.4. The Labute approximate surface area is 247 Å². The highest BCUT2D eigenvalue weighted by Gasteiger charge is 2.49. The molecule has 1 aromatic rings. The number of piperidine rings is 1. The van der Waals surface area contributed by atoms with Crippen molar-refractivity contribution in [2.45, 2.75) is 55.9 Å². The second-order valence-electron chi connectivity index (χ2n) is 10.7. The number of imide groups is 1. The van der Waals surface area contributed by atoms with Crippen molar-refractivity contribution < 1.29 is 35.9 Å². The molecule has 1 saturated heterocycles. The van der Waals surface area contributed by atoms with Crippen LogP contribution in [0, 0.1) is 28.6 Å². The standard InChI is InChI=1S/C29H30F3N5O5S/c1-17-7-9-20(29(30,31)32)13-24(17)36-18(2)23(15-34)26(22-10-8-19(14-33)12-25(22)43(4,40)41)37(28(36)39)27(38)35-11-5-6-21(16-35)42-3/h7-10,12-13,17,21,24,26H,5-6,11,16H2,1-4H3/t17?,21-,24?,26-/m1/s1. The van der Waals surface area contributed by atoms with Gasteiger partial charge in [-0.2, -0.15) is 23.7 Å². The summed E-state index contributed by atoms with van der Waals surface area (Å²) in [6, 6.07) is 2.91. The first-order valence-electron chi connectivity index (χ1n) is 13.4. The molecule has 3 aliphatic rings. The number of likely N-dealkylation sites (tertiary alicyclic amines) is 1. The quantitative estimate of drug-likeness (QED) is 0.472. The lowest BCUT2D eigenvalue weighted by atomic mass is 9.88. The molecule has 0 aromatic heterocycles. The summed E-state index contributed by atoms with van der Waals surface area (Å²) in [7, 11) is -2.58. The number of allylic oxidation sites excluding steroid dienone is 3. The number of carbonyl (C=O) groups is 2. The average Bonchev–Trinajstić information content (AvgIpc) is 2.96. The SMILES string of the molecule is CO[C@@H]1CCCN(C(=O)N2C(=O)N(C3C=C(C(F)(F)F)C=CC3C)C(C)=C(C#N)[C@H]2c2ccc(C#N)cc2S(C)(=O)=O)C1. The second-order valence-corrected chi connectivity index (χ2v) is 12.7. The van der Waals surface area contributed by atoms with Gasteiger partial charge in [-0.1, -0.05) is 25.1 Å². The van der Waals surface area contributed by atoms with Crippen LogP contribution in [0.5, 0.6) is 0 Å². The zero-order valence-electron chi connectivity index (χ0n) is 23.9. The van der Waals surface area contributed by atoms with E-state index in [0.29, 0.717) is 12.8 Å². The van der Waals surface area contributed by atoms with Crippen molar-refractivity contribution in [3.05, 3.63) is 64.4 Å². The number of ether oxygens (including phenoxy) is 1. The molecule has 228 valence electrons. The lowest BCUT2D eigenvalue weighted by Crippen LogP contribution is -2.60. The van der Waals surface area contributed by atoms with E-state index in [1.54, 1.807) is 6.92 Å². The van der Waals surface area contributed by atoms with Crippen molar-refractivity contribution in [1.29, 1.82) is 10.5 Å². The van der Waals surface area contributed by atoms with Gasteiger partial charge >= 0.3 is 18.2 Å². The molecule has 0 radical (unpaired) electrons. The zero-order chi connectivity index (χ0) is 31.9. The minimum absolute atomic E-state index is 0.00313. The van der Waals surface area contributed by atoms with Crippen LogP contribution in [0.25, 0.3) is 0 Å². The fourth-order valence-electron chi connectivity index (χ4n) is 5.67. The van der Waals surface area contributed by atoms with Gasteiger partial charge in [-0.25, -0.2) is 22.9 Å². The summed E-state index contributed by atoms with van der Waals surface area (Å²) in [6.07, 6.45) is 0.125. The molecule has 4 atom stereocenters. The van der Waals surface area contributed by atoms with Crippen molar-refractivity contribution >= 4 is 21.9 Å². The number of benzene rings is 1. The van der Waals surface area contributed by atoms with E-state index in [2.05, 4.69) is 0 Å². The fourth-order valence-corrected chi connectivity index (χ4v) is 6.62. The van der Waals surface area contributed by atoms with E-state index in [1.165, 1.54) is 37.1 Å². The highest BCUT2D eigenvalue weighted by Crippen LogP contribution is 2.43. The van der Waals surface area contributed by atoms with E-state index in [0.717, 1.165) is 34.3 Å². The summed E-state index contributed by atoms with van der Waals surface area (Å²) in [4.78, 5) is 31.3. The van der Waals surface area contributed by atoms with Gasteiger partial charge in [0, 0.05) is 32.2 Å². The van der Waals surface area contributed by atoms with Crippen LogP contribution in [0.1, 0.15) is 43.9 Å². The van der Waals surface area contributed by atoms with E-state index in [1.807, 2.05) is 12.1 Å². The van der Waals surface area contributed by atoms with E-state index in [-0.39, 0.29) is 46.5 Å². The smallest absolute Gasteiger partial charge is 0.380 e. The Morgan fingerprint density at radius 2 is 1.88 bits per heavy atom. The lowest BCUT2D eigenvalue weighted by molar-refractivity contribution is -0.0892. The summed E-state index contributed by atoms with van der Waals surface area (Å²) in [5.74, 6) is -0.632. The number of alkyl halides is 3. The molecule has 43 heavy (non-hydrogen) atoms. The summed E-state index contributed by atoms with van der Waals surface area (Å²) < 4.78 is 72.4. The number of nitriles is 2. The number of hydrogen-bond acceptors (Lipinski definition) is 7. The first kappa shape index (κ1) is 31.8. The minimum atomic E-state index is -4.71. The van der Waals surface area contributed by atoms with E-state index >= 15 is 0 Å². The Bertz CT molecular complexity index is 1620. The third-order valence-electron chi connectivity index (χ3n) is 7.93. The Kier molecular flexibility index (Phi) is 8.77. The first-order valence-corrected chi connectivity index (χ1v) is 15.3. The molecule has 0 bridgehead atoms. The van der Waals surface area contributed by atoms with Gasteiger partial charge in [0.2, 0.25) is 0 Å². The van der Waals surface area contributed by atoms with Crippen LogP contribution in [-0.4, -0.2) is 80.0 Å². The Balaban J connectivity index is 1.98. The number of amides is 4. The average molecular weight is 618 g/mol. The van der Waals surface area contributed by atoms with Crippen molar-refractivity contribution in [2.75, 3.05) is 26.5 Å². The van der Waals surface area contributed by atoms with Gasteiger partial charge in [0.05, 0.1) is 45.9 Å². The van der Waals surface area contributed by atoms with Crippen LogP contribution in [-0.2, 0) is 14.6 Å². The third kappa shape index (κ3) is 6.03. The lowest BCUT2D eigenvalue weighted by Gasteiger charge is -2.46. The Morgan fingerprint density at radius 1 is 1.19 bits per heavy atom. The molecule has 2 unspecified atom stereocenters. The Morgan fingerprint density at radius 3 is 2.47 bits per heavy atom. The van der Waals surface area contributed by atoms with Gasteiger partial charge in [0.25, 0.3) is 0 Å². The topological polar surface area (TPSA) is 135 Å². The van der Waals surface area contributed by atoms with Gasteiger partial charge in [-0.05, 0) is 49.5 Å². The monoisotopic (exact) mass is 617 g/mol. The summed E-state index contributed by atoms with van der Waals surface area (Å²) >= 11 is 0. The van der Waals surface area contributed by atoms with Crippen LogP contribution in [0.15, 0.2) is 58.2 Å². The zero-order valence-corrected chi connectivity index (χ0v) is 24.7. The van der Waals surface area contributed by atoms with Crippen molar-refractivity contribution in [2.24, 2.45) is 5.92 Å². The van der Waals surface area contributed by atoms with E-state index in [4.69, 9.17) is 4.74 Å². The number of nitrogens with zero attached hydrogens (tertiary/aromatic N) is 5. The summed E-state index contributed by atoms with van der Waals surface area (Å²) in [5, 5.41) is 19.8. The van der Waals surface area contributed by atoms with E-state index in [9.17, 15) is 41.7 Å². The third-order valence-corrected chi connectivity index (χ3v) is 9.09. The molecule has 0 N–H and O–H groups in total. The summed E-state index contributed by atoms with van der Waals surface area (Å²) in [5.41, 5.74) is -1.31. The highest BCUT2D eigenvalue weighted by atomic mass is 32.2. The normalized spacial score (nSPS) is 24.9. The van der Waals surface area contributed by atoms with Gasteiger partial charge in [-0.15, -0.1) is 0 Å². The summed E-state index contributed by atoms with van der Waals surface area (Å²) in [6.45, 7) is 3.31. The van der Waals surface area contributed by atoms with Crippen LogP contribution in [0.3, 0.4) is 0 Å². The largest absolute Gasteiger partial charge is 0.416 e. The predicted octanol–water partition coefficient (Wildman–Crippen LogP) is 4.83. The van der Waals surface area contributed by atoms with Crippen molar-refractivity contribution in [3.8, 4) is 12.1 Å². The van der Waals surface area contributed by atoms with Gasteiger partial charge < -0.3 is 9.64 Å². The molecule has 14 heteroatoms. The molecule has 0 saturated carbocycles. The highest BCUT2D eigenvalue weighted by molar-refractivity contribution is 7.90. The van der Waals surface area contributed by atoms with Gasteiger partial charge in [-0.3, -0.25) is 4.90 Å². The molecule has 0 spiro atoms. The molecule has 4 amide bonds. The number of methoxy groups -OCH3 is 1. The molecule has 2 aliphatic heterocycles. The molecule has 10 nitrogen and oxygen atoms in total. The van der Waals surface area contributed by atoms with Crippen molar-refractivity contribution in [1.82, 2.24) is 14.7 Å². The Hall–Kier alpha value is -4.14. The number of carbonyl (C=O) groups excluding carboxylic acids is 2. The van der Waals surface area contributed by atoms with Gasteiger partial charge in [0.1, 0.15) is 6.04 Å². The molecular weight excluding hydrogens is 587 g/mol. The van der Waals surface area contributed by atoms with Crippen molar-refractivity contribution in [3.63, 3.8) is 0 Å². The minimum Gasteiger partial charge on any atom is -0.380 e. The number of urea groups is 2. The maximum Gasteiger partial charge on any atom is 0.416 e. The first-order chi connectivity index (χ1) is 20.1. The van der Waals surface area contributed by atoms with E-state index < -0.39 is 51.7 Å². The molecule has 1 fully saturated rings. The maximum absolute atomic E-state index is 14.4. The number of rotatable bonds is 4. The van der Waals surface area contributed by atoms with Gasteiger partial charge in [0.15, 0.2) is 9.84 Å². The predicted molar refractivity (Wildman–Crippen MR) is 148 cm³/mol. The molecule has 1 aliphatic carbocycles.